The molecule has 5 N–H and O–H groups in total. The average molecular weight is 161 g/mol. The van der Waals surface area contributed by atoms with Crippen molar-refractivity contribution in [2.24, 2.45) is 11.5 Å². The Balaban J connectivity index is 3.89. The SMILES string of the molecule is NCCN(CC(=O)O)C(N)=O. The van der Waals surface area contributed by atoms with E-state index in [2.05, 4.69) is 0 Å². The van der Waals surface area contributed by atoms with Crippen molar-refractivity contribution in [3.8, 4) is 0 Å². The van der Waals surface area contributed by atoms with Gasteiger partial charge in [0.15, 0.2) is 0 Å². The number of nitrogens with two attached hydrogens (primary N) is 2. The Morgan fingerprint density at radius 2 is 2.00 bits per heavy atom. The maximum atomic E-state index is 10.5. The number of carbonyl (C=O) groups excluding carboxylic acids is 1. The molecule has 2 amide bonds. The quantitative estimate of drug-likeness (QED) is 0.461. The fourth-order valence-electron chi connectivity index (χ4n) is 0.586. The zero-order valence-electron chi connectivity index (χ0n) is 5.99. The number of aliphatic carboxylic acids is 1. The summed E-state index contributed by atoms with van der Waals surface area (Å²) < 4.78 is 0. The van der Waals surface area contributed by atoms with Crippen LogP contribution in [0.25, 0.3) is 0 Å². The lowest BCUT2D eigenvalue weighted by Gasteiger charge is -2.15. The van der Waals surface area contributed by atoms with Gasteiger partial charge in [0.1, 0.15) is 6.54 Å². The number of carboxylic acid groups (broad SMARTS) is 1. The number of carboxylic acids is 1. The molecule has 0 heterocycles. The van der Waals surface area contributed by atoms with E-state index in [1.807, 2.05) is 0 Å². The van der Waals surface area contributed by atoms with Crippen molar-refractivity contribution in [1.82, 2.24) is 4.90 Å². The normalized spacial score (nSPS) is 9.18. The van der Waals surface area contributed by atoms with Crippen molar-refractivity contribution in [2.75, 3.05) is 19.6 Å². The van der Waals surface area contributed by atoms with Crippen molar-refractivity contribution >= 4 is 12.0 Å². The number of urea groups is 1. The van der Waals surface area contributed by atoms with Crippen molar-refractivity contribution in [3.05, 3.63) is 0 Å². The van der Waals surface area contributed by atoms with E-state index in [9.17, 15) is 9.59 Å². The molecule has 0 aliphatic carbocycles. The molecule has 0 aromatic rings. The summed E-state index contributed by atoms with van der Waals surface area (Å²) in [6, 6.07) is -0.766. The molecular formula is C5H11N3O3. The van der Waals surface area contributed by atoms with Gasteiger partial charge in [-0.2, -0.15) is 0 Å². The van der Waals surface area contributed by atoms with Crippen LogP contribution < -0.4 is 11.5 Å². The predicted octanol–water partition coefficient (Wildman–Crippen LogP) is -1.59. The summed E-state index contributed by atoms with van der Waals surface area (Å²) in [5.74, 6) is -1.10. The molecule has 0 saturated heterocycles. The average Bonchev–Trinajstić information content (AvgIpc) is 1.86. The second-order valence-corrected chi connectivity index (χ2v) is 1.94. The molecule has 0 aliphatic heterocycles. The molecule has 0 saturated carbocycles. The number of carbonyl (C=O) groups is 2. The third-order valence-corrected chi connectivity index (χ3v) is 1.04. The maximum absolute atomic E-state index is 10.5. The second kappa shape index (κ2) is 4.51. The number of amides is 2. The van der Waals surface area contributed by atoms with E-state index in [-0.39, 0.29) is 13.1 Å². The first-order valence-electron chi connectivity index (χ1n) is 3.04. The molecule has 0 bridgehead atoms. The van der Waals surface area contributed by atoms with Gasteiger partial charge < -0.3 is 21.5 Å². The highest BCUT2D eigenvalue weighted by Gasteiger charge is 2.11. The fraction of sp³-hybridized carbons (Fsp3) is 0.600. The summed E-state index contributed by atoms with van der Waals surface area (Å²) in [6.07, 6.45) is 0. The van der Waals surface area contributed by atoms with E-state index < -0.39 is 18.5 Å². The largest absolute Gasteiger partial charge is 0.480 e. The van der Waals surface area contributed by atoms with Crippen molar-refractivity contribution in [1.29, 1.82) is 0 Å². The Morgan fingerprint density at radius 1 is 1.45 bits per heavy atom. The Hall–Kier alpha value is -1.30. The Labute approximate surface area is 63.8 Å². The molecule has 0 radical (unpaired) electrons. The van der Waals surface area contributed by atoms with Gasteiger partial charge in [-0.1, -0.05) is 0 Å². The molecular weight excluding hydrogens is 150 g/mol. The standard InChI is InChI=1S/C5H11N3O3/c6-1-2-8(5(7)11)3-4(9)10/h1-3,6H2,(H2,7,11)(H,9,10). The molecule has 6 heteroatoms. The molecule has 0 spiro atoms. The van der Waals surface area contributed by atoms with Crippen LogP contribution in [0.3, 0.4) is 0 Å². The molecule has 0 aromatic heterocycles. The predicted molar refractivity (Wildman–Crippen MR) is 37.8 cm³/mol. The molecule has 64 valence electrons. The lowest BCUT2D eigenvalue weighted by atomic mass is 10.5. The van der Waals surface area contributed by atoms with E-state index in [4.69, 9.17) is 16.6 Å². The van der Waals surface area contributed by atoms with E-state index >= 15 is 0 Å². The van der Waals surface area contributed by atoms with E-state index in [1.54, 1.807) is 0 Å². The van der Waals surface area contributed by atoms with Gasteiger partial charge in [0, 0.05) is 13.1 Å². The van der Waals surface area contributed by atoms with Crippen LogP contribution in [0, 0.1) is 0 Å². The Morgan fingerprint density at radius 3 is 2.27 bits per heavy atom. The highest BCUT2D eigenvalue weighted by Crippen LogP contribution is 1.84. The van der Waals surface area contributed by atoms with Crippen molar-refractivity contribution in [3.63, 3.8) is 0 Å². The van der Waals surface area contributed by atoms with E-state index in [0.717, 1.165) is 4.90 Å². The third kappa shape index (κ3) is 4.15. The second-order valence-electron chi connectivity index (χ2n) is 1.94. The monoisotopic (exact) mass is 161 g/mol. The molecule has 0 atom stereocenters. The number of primary amides is 1. The van der Waals surface area contributed by atoms with Gasteiger partial charge in [-0.05, 0) is 0 Å². The smallest absolute Gasteiger partial charge is 0.323 e. The maximum Gasteiger partial charge on any atom is 0.323 e. The van der Waals surface area contributed by atoms with Crippen LogP contribution in [0.1, 0.15) is 0 Å². The summed E-state index contributed by atoms with van der Waals surface area (Å²) in [5, 5.41) is 8.27. The highest BCUT2D eigenvalue weighted by molar-refractivity contribution is 5.78. The van der Waals surface area contributed by atoms with E-state index in [0.29, 0.717) is 0 Å². The number of hydrogen-bond acceptors (Lipinski definition) is 3. The molecule has 6 nitrogen and oxygen atoms in total. The summed E-state index contributed by atoms with van der Waals surface area (Å²) in [7, 11) is 0. The fourth-order valence-corrected chi connectivity index (χ4v) is 0.586. The molecule has 0 rings (SSSR count). The van der Waals surface area contributed by atoms with Crippen LogP contribution in [0.4, 0.5) is 4.79 Å². The molecule has 0 unspecified atom stereocenters. The molecule has 0 fully saturated rings. The lowest BCUT2D eigenvalue weighted by molar-refractivity contribution is -0.137. The number of hydrogen-bond donors (Lipinski definition) is 3. The van der Waals surface area contributed by atoms with Crippen LogP contribution in [0.15, 0.2) is 0 Å². The lowest BCUT2D eigenvalue weighted by Crippen LogP contribution is -2.42. The molecule has 11 heavy (non-hydrogen) atoms. The van der Waals surface area contributed by atoms with Crippen LogP contribution >= 0.6 is 0 Å². The van der Waals surface area contributed by atoms with Gasteiger partial charge in [-0.3, -0.25) is 4.79 Å². The first-order valence-corrected chi connectivity index (χ1v) is 3.04. The highest BCUT2D eigenvalue weighted by atomic mass is 16.4. The molecule has 0 aromatic carbocycles. The summed E-state index contributed by atoms with van der Waals surface area (Å²) in [5.41, 5.74) is 9.94. The van der Waals surface area contributed by atoms with Gasteiger partial charge in [-0.15, -0.1) is 0 Å². The van der Waals surface area contributed by atoms with Crippen molar-refractivity contribution < 1.29 is 14.7 Å². The zero-order chi connectivity index (χ0) is 8.85. The van der Waals surface area contributed by atoms with Crippen LogP contribution in [0.2, 0.25) is 0 Å². The van der Waals surface area contributed by atoms with Gasteiger partial charge in [-0.25, -0.2) is 4.79 Å². The summed E-state index contributed by atoms with van der Waals surface area (Å²) >= 11 is 0. The zero-order valence-corrected chi connectivity index (χ0v) is 5.99. The minimum atomic E-state index is -1.10. The van der Waals surface area contributed by atoms with Gasteiger partial charge >= 0.3 is 12.0 Å². The minimum absolute atomic E-state index is 0.168. The Kier molecular flexibility index (Phi) is 3.97. The Bertz CT molecular complexity index is 159. The molecule has 0 aliphatic rings. The first-order chi connectivity index (χ1) is 5.07. The topological polar surface area (TPSA) is 110 Å². The van der Waals surface area contributed by atoms with E-state index in [1.165, 1.54) is 0 Å². The van der Waals surface area contributed by atoms with Crippen molar-refractivity contribution in [2.45, 2.75) is 0 Å². The first kappa shape index (κ1) is 9.70. The van der Waals surface area contributed by atoms with Gasteiger partial charge in [0.25, 0.3) is 0 Å². The number of nitrogens with zero attached hydrogens (tertiary/aromatic N) is 1. The van der Waals surface area contributed by atoms with Crippen LogP contribution in [0.5, 0.6) is 0 Å². The summed E-state index contributed by atoms with van der Waals surface area (Å²) in [4.78, 5) is 21.5. The third-order valence-electron chi connectivity index (χ3n) is 1.04. The number of rotatable bonds is 4. The van der Waals surface area contributed by atoms with Gasteiger partial charge in [0.2, 0.25) is 0 Å². The van der Waals surface area contributed by atoms with Crippen LogP contribution in [-0.2, 0) is 4.79 Å². The minimum Gasteiger partial charge on any atom is -0.480 e. The van der Waals surface area contributed by atoms with Crippen LogP contribution in [-0.4, -0.2) is 41.6 Å². The summed E-state index contributed by atoms with van der Waals surface area (Å²) in [6.45, 7) is -0.0234. The van der Waals surface area contributed by atoms with Gasteiger partial charge in [0.05, 0.1) is 0 Å².